The molecule has 0 radical (unpaired) electrons. The van der Waals surface area contributed by atoms with Gasteiger partial charge >= 0.3 is 0 Å². The number of phenolic OH excluding ortho intramolecular Hbond substituents is 1. The van der Waals surface area contributed by atoms with Crippen molar-refractivity contribution in [3.05, 3.63) is 65.7 Å². The van der Waals surface area contributed by atoms with E-state index in [1.54, 1.807) is 6.07 Å². The first-order valence-electron chi connectivity index (χ1n) is 10.7. The maximum absolute atomic E-state index is 9.46. The molecule has 1 heteroatoms. The van der Waals surface area contributed by atoms with Crippen LogP contribution in [0.4, 0.5) is 0 Å². The fourth-order valence-corrected chi connectivity index (χ4v) is 3.61. The van der Waals surface area contributed by atoms with Gasteiger partial charge in [-0.1, -0.05) is 100 Å². The lowest BCUT2D eigenvalue weighted by Gasteiger charge is -2.04. The van der Waals surface area contributed by atoms with Gasteiger partial charge in [0.1, 0.15) is 5.75 Å². The van der Waals surface area contributed by atoms with Crippen LogP contribution >= 0.6 is 0 Å². The monoisotopic (exact) mass is 352 g/mol. The Labute approximate surface area is 160 Å². The predicted molar refractivity (Wildman–Crippen MR) is 113 cm³/mol. The predicted octanol–water partition coefficient (Wildman–Crippen LogP) is 7.47. The van der Waals surface area contributed by atoms with Crippen molar-refractivity contribution in [2.24, 2.45) is 0 Å². The second-order valence-corrected chi connectivity index (χ2v) is 7.54. The van der Waals surface area contributed by atoms with Crippen molar-refractivity contribution in [3.63, 3.8) is 0 Å². The summed E-state index contributed by atoms with van der Waals surface area (Å²) >= 11 is 0. The van der Waals surface area contributed by atoms with E-state index in [1.165, 1.54) is 88.2 Å². The first-order chi connectivity index (χ1) is 12.8. The van der Waals surface area contributed by atoms with E-state index in [4.69, 9.17) is 0 Å². The minimum Gasteiger partial charge on any atom is -0.508 e. The SMILES string of the molecule is Oc1cccc(CCCCCCCCCCCCCc2ccccc2)c1. The van der Waals surface area contributed by atoms with Crippen molar-refractivity contribution in [1.29, 1.82) is 0 Å². The summed E-state index contributed by atoms with van der Waals surface area (Å²) in [6.45, 7) is 0. The summed E-state index contributed by atoms with van der Waals surface area (Å²) in [5.41, 5.74) is 2.74. The Bertz CT molecular complexity index is 576. The summed E-state index contributed by atoms with van der Waals surface area (Å²) in [4.78, 5) is 0. The van der Waals surface area contributed by atoms with Crippen molar-refractivity contribution in [1.82, 2.24) is 0 Å². The zero-order chi connectivity index (χ0) is 18.3. The van der Waals surface area contributed by atoms with E-state index in [-0.39, 0.29) is 0 Å². The van der Waals surface area contributed by atoms with Gasteiger partial charge in [0.15, 0.2) is 0 Å². The Morgan fingerprint density at radius 2 is 0.923 bits per heavy atom. The molecule has 0 aliphatic heterocycles. The second-order valence-electron chi connectivity index (χ2n) is 7.54. The highest BCUT2D eigenvalue weighted by Gasteiger charge is 1.97. The van der Waals surface area contributed by atoms with Gasteiger partial charge in [0, 0.05) is 0 Å². The fraction of sp³-hybridized carbons (Fsp3) is 0.520. The topological polar surface area (TPSA) is 20.2 Å². The molecule has 0 heterocycles. The lowest BCUT2D eigenvalue weighted by molar-refractivity contribution is 0.474. The smallest absolute Gasteiger partial charge is 0.115 e. The van der Waals surface area contributed by atoms with E-state index in [9.17, 15) is 5.11 Å². The van der Waals surface area contributed by atoms with Crippen molar-refractivity contribution in [3.8, 4) is 5.75 Å². The number of aryl methyl sites for hydroxylation is 2. The molecular formula is C25H36O. The van der Waals surface area contributed by atoms with Gasteiger partial charge < -0.3 is 5.11 Å². The zero-order valence-electron chi connectivity index (χ0n) is 16.3. The molecule has 2 aromatic rings. The number of rotatable bonds is 14. The largest absolute Gasteiger partial charge is 0.508 e. The summed E-state index contributed by atoms with van der Waals surface area (Å²) in [5, 5.41) is 9.46. The van der Waals surface area contributed by atoms with Crippen LogP contribution in [0, 0.1) is 0 Å². The van der Waals surface area contributed by atoms with Gasteiger partial charge in [-0.2, -0.15) is 0 Å². The first kappa shape index (κ1) is 20.6. The van der Waals surface area contributed by atoms with Crippen LogP contribution in [0.15, 0.2) is 54.6 Å². The molecule has 0 saturated heterocycles. The Kier molecular flexibility index (Phi) is 10.6. The summed E-state index contributed by atoms with van der Waals surface area (Å²) < 4.78 is 0. The molecule has 2 rings (SSSR count). The Balaban J connectivity index is 1.32. The molecule has 0 aliphatic carbocycles. The number of phenols is 1. The third kappa shape index (κ3) is 9.65. The standard InChI is InChI=1S/C25H36O/c26-25-21-15-20-24(22-25)19-12-9-7-5-3-1-2-4-6-8-11-16-23-17-13-10-14-18-23/h10,13-15,17-18,20-22,26H,1-9,11-12,16,19H2. The highest BCUT2D eigenvalue weighted by atomic mass is 16.3. The molecule has 0 aliphatic rings. The Morgan fingerprint density at radius 1 is 0.462 bits per heavy atom. The molecule has 26 heavy (non-hydrogen) atoms. The molecule has 2 aromatic carbocycles. The molecule has 0 atom stereocenters. The van der Waals surface area contributed by atoms with E-state index >= 15 is 0 Å². The molecule has 0 spiro atoms. The third-order valence-electron chi connectivity index (χ3n) is 5.18. The Morgan fingerprint density at radius 3 is 1.46 bits per heavy atom. The van der Waals surface area contributed by atoms with Crippen LogP contribution in [-0.2, 0) is 12.8 Å². The van der Waals surface area contributed by atoms with E-state index in [0.29, 0.717) is 5.75 Å². The fourth-order valence-electron chi connectivity index (χ4n) is 3.61. The molecular weight excluding hydrogens is 316 g/mol. The van der Waals surface area contributed by atoms with Gasteiger partial charge in [0.2, 0.25) is 0 Å². The van der Waals surface area contributed by atoms with Crippen LogP contribution in [0.25, 0.3) is 0 Å². The molecule has 0 aromatic heterocycles. The highest BCUT2D eigenvalue weighted by Crippen LogP contribution is 2.16. The Hall–Kier alpha value is -1.76. The minimum absolute atomic E-state index is 0.391. The zero-order valence-corrected chi connectivity index (χ0v) is 16.3. The number of hydrogen-bond donors (Lipinski definition) is 1. The highest BCUT2D eigenvalue weighted by molar-refractivity contribution is 5.27. The molecule has 142 valence electrons. The maximum Gasteiger partial charge on any atom is 0.115 e. The van der Waals surface area contributed by atoms with Crippen molar-refractivity contribution >= 4 is 0 Å². The van der Waals surface area contributed by atoms with Gasteiger partial charge in [0.25, 0.3) is 0 Å². The summed E-state index contributed by atoms with van der Waals surface area (Å²) in [7, 11) is 0. The summed E-state index contributed by atoms with van der Waals surface area (Å²) in [6, 6.07) is 18.5. The van der Waals surface area contributed by atoms with Crippen molar-refractivity contribution in [2.45, 2.75) is 83.5 Å². The van der Waals surface area contributed by atoms with Crippen molar-refractivity contribution < 1.29 is 5.11 Å². The van der Waals surface area contributed by atoms with Gasteiger partial charge in [-0.25, -0.2) is 0 Å². The quantitative estimate of drug-likeness (QED) is 0.350. The summed E-state index contributed by atoms with van der Waals surface area (Å²) in [5.74, 6) is 0.391. The first-order valence-corrected chi connectivity index (χ1v) is 10.7. The van der Waals surface area contributed by atoms with Crippen LogP contribution in [0.1, 0.15) is 81.8 Å². The average Bonchev–Trinajstić information content (AvgIpc) is 2.66. The molecule has 0 saturated carbocycles. The van der Waals surface area contributed by atoms with E-state index in [1.807, 2.05) is 12.1 Å². The van der Waals surface area contributed by atoms with E-state index < -0.39 is 0 Å². The van der Waals surface area contributed by atoms with Crippen LogP contribution in [0.5, 0.6) is 5.75 Å². The third-order valence-corrected chi connectivity index (χ3v) is 5.18. The molecule has 0 fully saturated rings. The average molecular weight is 353 g/mol. The lowest BCUT2D eigenvalue weighted by Crippen LogP contribution is -1.87. The lowest BCUT2D eigenvalue weighted by atomic mass is 10.0. The van der Waals surface area contributed by atoms with Crippen molar-refractivity contribution in [2.75, 3.05) is 0 Å². The van der Waals surface area contributed by atoms with Crippen LogP contribution < -0.4 is 0 Å². The maximum atomic E-state index is 9.46. The minimum atomic E-state index is 0.391. The number of benzene rings is 2. The normalized spacial score (nSPS) is 10.9. The van der Waals surface area contributed by atoms with Gasteiger partial charge in [-0.3, -0.25) is 0 Å². The number of hydrogen-bond acceptors (Lipinski definition) is 1. The molecule has 1 nitrogen and oxygen atoms in total. The molecule has 0 amide bonds. The van der Waals surface area contributed by atoms with Gasteiger partial charge in [-0.05, 0) is 48.9 Å². The summed E-state index contributed by atoms with van der Waals surface area (Å²) in [6.07, 6.45) is 17.4. The molecule has 0 bridgehead atoms. The van der Waals surface area contributed by atoms with Gasteiger partial charge in [0.05, 0.1) is 0 Å². The number of aromatic hydroxyl groups is 1. The van der Waals surface area contributed by atoms with Crippen LogP contribution in [-0.4, -0.2) is 5.11 Å². The van der Waals surface area contributed by atoms with E-state index in [0.717, 1.165) is 6.42 Å². The van der Waals surface area contributed by atoms with Gasteiger partial charge in [-0.15, -0.1) is 0 Å². The van der Waals surface area contributed by atoms with Crippen LogP contribution in [0.2, 0.25) is 0 Å². The number of unbranched alkanes of at least 4 members (excludes halogenated alkanes) is 10. The van der Waals surface area contributed by atoms with Crippen LogP contribution in [0.3, 0.4) is 0 Å². The molecule has 1 N–H and O–H groups in total. The van der Waals surface area contributed by atoms with E-state index in [2.05, 4.69) is 36.4 Å². The molecule has 0 unspecified atom stereocenters. The second kappa shape index (κ2) is 13.4.